The number of ether oxygens (including phenoxy) is 1. The fourth-order valence-electron chi connectivity index (χ4n) is 4.31. The van der Waals surface area contributed by atoms with Gasteiger partial charge in [0.25, 0.3) is 5.91 Å². The third-order valence-corrected chi connectivity index (χ3v) is 5.87. The lowest BCUT2D eigenvalue weighted by atomic mass is 9.82. The van der Waals surface area contributed by atoms with Gasteiger partial charge in [0.2, 0.25) is 5.91 Å². The van der Waals surface area contributed by atoms with Gasteiger partial charge in [-0.05, 0) is 45.4 Å². The first-order chi connectivity index (χ1) is 12.5. The summed E-state index contributed by atoms with van der Waals surface area (Å²) >= 11 is 0. The molecule has 4 amide bonds. The molecule has 0 bridgehead atoms. The standard InChI is InChI=1S/C19H31N3O4/c1-14(7-8-15-6-5-13-26-15)20-16(23)9-12-22-17(24)19(21-18(22)25)10-3-2-4-11-19/h14-15H,2-13H2,1H3,(H,20,23)(H,21,25). The van der Waals surface area contributed by atoms with Crippen LogP contribution in [0.4, 0.5) is 4.79 Å². The molecule has 2 heterocycles. The van der Waals surface area contributed by atoms with Crippen molar-refractivity contribution < 1.29 is 19.1 Å². The lowest BCUT2D eigenvalue weighted by Gasteiger charge is -2.30. The first-order valence-corrected chi connectivity index (χ1v) is 10.1. The van der Waals surface area contributed by atoms with Crippen molar-refractivity contribution in [3.63, 3.8) is 0 Å². The highest BCUT2D eigenvalue weighted by Gasteiger charge is 2.51. The quantitative estimate of drug-likeness (QED) is 0.676. The Morgan fingerprint density at radius 3 is 2.77 bits per heavy atom. The van der Waals surface area contributed by atoms with Crippen molar-refractivity contribution in [2.24, 2.45) is 0 Å². The van der Waals surface area contributed by atoms with Gasteiger partial charge in [0.1, 0.15) is 5.54 Å². The van der Waals surface area contributed by atoms with Gasteiger partial charge in [-0.2, -0.15) is 0 Å². The van der Waals surface area contributed by atoms with Gasteiger partial charge < -0.3 is 15.4 Å². The summed E-state index contributed by atoms with van der Waals surface area (Å²) in [5.41, 5.74) is -0.708. The van der Waals surface area contributed by atoms with Crippen molar-refractivity contribution in [1.82, 2.24) is 15.5 Å². The second kappa shape index (κ2) is 8.37. The molecule has 7 heteroatoms. The minimum Gasteiger partial charge on any atom is -0.378 e. The number of hydrogen-bond acceptors (Lipinski definition) is 4. The van der Waals surface area contributed by atoms with Crippen LogP contribution < -0.4 is 10.6 Å². The Bertz CT molecular complexity index is 539. The van der Waals surface area contributed by atoms with Crippen LogP contribution in [-0.4, -0.2) is 53.6 Å². The first kappa shape index (κ1) is 19.1. The Balaban J connectivity index is 1.40. The van der Waals surface area contributed by atoms with Gasteiger partial charge in [0, 0.05) is 25.6 Å². The molecule has 2 saturated heterocycles. The molecule has 7 nitrogen and oxygen atoms in total. The molecular formula is C19H31N3O4. The van der Waals surface area contributed by atoms with E-state index in [4.69, 9.17) is 4.74 Å². The fraction of sp³-hybridized carbons (Fsp3) is 0.842. The van der Waals surface area contributed by atoms with Crippen LogP contribution in [0, 0.1) is 0 Å². The van der Waals surface area contributed by atoms with Gasteiger partial charge in [-0.15, -0.1) is 0 Å². The normalized spacial score (nSPS) is 26.2. The molecule has 146 valence electrons. The zero-order chi connectivity index (χ0) is 18.6. The molecule has 26 heavy (non-hydrogen) atoms. The zero-order valence-corrected chi connectivity index (χ0v) is 15.7. The second-order valence-electron chi connectivity index (χ2n) is 7.96. The van der Waals surface area contributed by atoms with E-state index in [0.29, 0.717) is 18.9 Å². The van der Waals surface area contributed by atoms with Crippen molar-refractivity contribution in [2.75, 3.05) is 13.2 Å². The van der Waals surface area contributed by atoms with E-state index in [1.807, 2.05) is 6.92 Å². The molecule has 3 rings (SSSR count). The summed E-state index contributed by atoms with van der Waals surface area (Å²) in [5.74, 6) is -0.267. The Kier molecular flexibility index (Phi) is 6.16. The van der Waals surface area contributed by atoms with Crippen molar-refractivity contribution in [1.29, 1.82) is 0 Å². The molecule has 2 atom stereocenters. The molecule has 0 radical (unpaired) electrons. The third kappa shape index (κ3) is 4.37. The molecule has 0 aromatic carbocycles. The van der Waals surface area contributed by atoms with Crippen molar-refractivity contribution in [3.8, 4) is 0 Å². The molecule has 0 aromatic heterocycles. The van der Waals surface area contributed by atoms with E-state index in [0.717, 1.165) is 51.6 Å². The average molecular weight is 365 g/mol. The van der Waals surface area contributed by atoms with Crippen LogP contribution in [-0.2, 0) is 14.3 Å². The van der Waals surface area contributed by atoms with Gasteiger partial charge in [-0.25, -0.2) is 4.79 Å². The number of urea groups is 1. The molecule has 3 fully saturated rings. The summed E-state index contributed by atoms with van der Waals surface area (Å²) in [6.07, 6.45) is 8.99. The molecule has 0 aromatic rings. The number of hydrogen-bond donors (Lipinski definition) is 2. The van der Waals surface area contributed by atoms with Crippen LogP contribution in [0.3, 0.4) is 0 Å². The highest BCUT2D eigenvalue weighted by Crippen LogP contribution is 2.33. The molecule has 3 aliphatic rings. The smallest absolute Gasteiger partial charge is 0.325 e. The number of nitrogens with one attached hydrogen (secondary N) is 2. The van der Waals surface area contributed by atoms with Crippen LogP contribution >= 0.6 is 0 Å². The minimum absolute atomic E-state index is 0.0690. The van der Waals surface area contributed by atoms with E-state index in [-0.39, 0.29) is 36.9 Å². The van der Waals surface area contributed by atoms with E-state index < -0.39 is 5.54 Å². The summed E-state index contributed by atoms with van der Waals surface area (Å²) in [5, 5.41) is 5.84. The van der Waals surface area contributed by atoms with Crippen LogP contribution in [0.15, 0.2) is 0 Å². The van der Waals surface area contributed by atoms with Crippen molar-refractivity contribution in [3.05, 3.63) is 0 Å². The summed E-state index contributed by atoms with van der Waals surface area (Å²) in [4.78, 5) is 38.3. The van der Waals surface area contributed by atoms with Crippen LogP contribution in [0.1, 0.15) is 71.1 Å². The van der Waals surface area contributed by atoms with Gasteiger partial charge in [-0.3, -0.25) is 14.5 Å². The minimum atomic E-state index is -0.708. The maximum absolute atomic E-state index is 12.7. The largest absolute Gasteiger partial charge is 0.378 e. The average Bonchev–Trinajstić information content (AvgIpc) is 3.20. The maximum atomic E-state index is 12.7. The molecular weight excluding hydrogens is 334 g/mol. The number of amides is 4. The highest BCUT2D eigenvalue weighted by atomic mass is 16.5. The van der Waals surface area contributed by atoms with E-state index in [1.54, 1.807) is 0 Å². The second-order valence-corrected chi connectivity index (χ2v) is 7.96. The Morgan fingerprint density at radius 1 is 1.31 bits per heavy atom. The van der Waals surface area contributed by atoms with Gasteiger partial charge in [0.15, 0.2) is 0 Å². The van der Waals surface area contributed by atoms with Crippen molar-refractivity contribution in [2.45, 2.75) is 88.8 Å². The maximum Gasteiger partial charge on any atom is 0.325 e. The van der Waals surface area contributed by atoms with Crippen LogP contribution in [0.25, 0.3) is 0 Å². The number of imide groups is 1. The van der Waals surface area contributed by atoms with E-state index >= 15 is 0 Å². The number of nitrogens with zero attached hydrogens (tertiary/aromatic N) is 1. The van der Waals surface area contributed by atoms with Crippen molar-refractivity contribution >= 4 is 17.8 Å². The Hall–Kier alpha value is -1.63. The molecule has 1 saturated carbocycles. The summed E-state index contributed by atoms with van der Waals surface area (Å²) in [7, 11) is 0. The fourth-order valence-corrected chi connectivity index (χ4v) is 4.31. The lowest BCUT2D eigenvalue weighted by molar-refractivity contribution is -0.132. The van der Waals surface area contributed by atoms with Gasteiger partial charge in [-0.1, -0.05) is 19.3 Å². The highest BCUT2D eigenvalue weighted by molar-refractivity contribution is 6.07. The zero-order valence-electron chi connectivity index (χ0n) is 15.7. The molecule has 2 aliphatic heterocycles. The van der Waals surface area contributed by atoms with Gasteiger partial charge >= 0.3 is 6.03 Å². The Labute approximate surface area is 155 Å². The number of carbonyl (C=O) groups is 3. The number of carbonyl (C=O) groups excluding carboxylic acids is 3. The predicted molar refractivity (Wildman–Crippen MR) is 96.5 cm³/mol. The Morgan fingerprint density at radius 2 is 2.08 bits per heavy atom. The molecule has 2 unspecified atom stereocenters. The molecule has 1 aliphatic carbocycles. The van der Waals surface area contributed by atoms with Gasteiger partial charge in [0.05, 0.1) is 6.10 Å². The predicted octanol–water partition coefficient (Wildman–Crippen LogP) is 2.10. The van der Waals surface area contributed by atoms with Crippen LogP contribution in [0.5, 0.6) is 0 Å². The van der Waals surface area contributed by atoms with E-state index in [1.165, 1.54) is 4.90 Å². The summed E-state index contributed by atoms with van der Waals surface area (Å²) in [6.45, 7) is 2.98. The number of rotatable bonds is 7. The first-order valence-electron chi connectivity index (χ1n) is 10.1. The SMILES string of the molecule is CC(CCC1CCCO1)NC(=O)CCN1C(=O)NC2(CCCCC2)C1=O. The molecule has 1 spiro atoms. The molecule has 2 N–H and O–H groups in total. The summed E-state index contributed by atoms with van der Waals surface area (Å²) < 4.78 is 5.60. The topological polar surface area (TPSA) is 87.7 Å². The lowest BCUT2D eigenvalue weighted by Crippen LogP contribution is -2.48. The third-order valence-electron chi connectivity index (χ3n) is 5.87. The van der Waals surface area contributed by atoms with E-state index in [2.05, 4.69) is 10.6 Å². The van der Waals surface area contributed by atoms with E-state index in [9.17, 15) is 14.4 Å². The summed E-state index contributed by atoms with van der Waals surface area (Å²) in [6, 6.07) is -0.282. The monoisotopic (exact) mass is 365 g/mol. The van der Waals surface area contributed by atoms with Crippen LogP contribution in [0.2, 0.25) is 0 Å².